The second-order valence-electron chi connectivity index (χ2n) is 4.40. The third-order valence-corrected chi connectivity index (χ3v) is 2.98. The van der Waals surface area contributed by atoms with Gasteiger partial charge in [0.15, 0.2) is 17.3 Å². The van der Waals surface area contributed by atoms with Crippen molar-refractivity contribution in [3.63, 3.8) is 0 Å². The molecule has 1 heterocycles. The number of nitrogens with one attached hydrogen (secondary N) is 1. The molecule has 0 amide bonds. The molecule has 0 aliphatic carbocycles. The lowest BCUT2D eigenvalue weighted by molar-refractivity contribution is -0.385. The van der Waals surface area contributed by atoms with Crippen LogP contribution in [0.15, 0.2) is 36.4 Å². The molecule has 0 unspecified atom stereocenters. The smallest absolute Gasteiger partial charge is 0.272 e. The molecule has 2 aromatic carbocycles. The molecule has 0 saturated heterocycles. The van der Waals surface area contributed by atoms with Gasteiger partial charge in [-0.1, -0.05) is 0 Å². The highest BCUT2D eigenvalue weighted by Crippen LogP contribution is 2.34. The lowest BCUT2D eigenvalue weighted by Crippen LogP contribution is -2.15. The molecule has 6 nitrogen and oxygen atoms in total. The normalized spacial score (nSPS) is 12.8. The zero-order valence-corrected chi connectivity index (χ0v) is 10.8. The molecule has 108 valence electrons. The molecule has 0 fully saturated rings. The van der Waals surface area contributed by atoms with Crippen LogP contribution in [0.5, 0.6) is 11.5 Å². The first-order chi connectivity index (χ1) is 10.1. The number of hydrogen-bond donors (Lipinski definition) is 1. The van der Waals surface area contributed by atoms with E-state index >= 15 is 0 Å². The number of anilines is 2. The molecule has 0 saturated carbocycles. The highest BCUT2D eigenvalue weighted by Gasteiger charge is 2.14. The number of hydrogen-bond acceptors (Lipinski definition) is 5. The summed E-state index contributed by atoms with van der Waals surface area (Å²) in [7, 11) is 0. The first-order valence-corrected chi connectivity index (χ1v) is 6.24. The van der Waals surface area contributed by atoms with Crippen molar-refractivity contribution in [1.29, 1.82) is 0 Å². The standard InChI is InChI=1S/C14H11FN2O4/c15-11-8-10(17(18)19)2-3-12(11)16-9-1-4-13-14(7-9)21-6-5-20-13/h1-4,7-8,16H,5-6H2. The van der Waals surface area contributed by atoms with Crippen molar-refractivity contribution < 1.29 is 18.8 Å². The van der Waals surface area contributed by atoms with Gasteiger partial charge in [-0.3, -0.25) is 10.1 Å². The van der Waals surface area contributed by atoms with Crippen LogP contribution in [0.3, 0.4) is 0 Å². The number of nitro groups is 1. The summed E-state index contributed by atoms with van der Waals surface area (Å²) in [5, 5.41) is 13.4. The van der Waals surface area contributed by atoms with Crippen LogP contribution in [0.1, 0.15) is 0 Å². The van der Waals surface area contributed by atoms with Crippen LogP contribution in [0.25, 0.3) is 0 Å². The molecule has 3 rings (SSSR count). The maximum Gasteiger partial charge on any atom is 0.272 e. The minimum atomic E-state index is -0.695. The number of nitro benzene ring substituents is 1. The Bertz CT molecular complexity index is 705. The molecule has 7 heteroatoms. The molecule has 1 aliphatic heterocycles. The Kier molecular flexibility index (Phi) is 3.31. The Morgan fingerprint density at radius 2 is 1.86 bits per heavy atom. The van der Waals surface area contributed by atoms with Gasteiger partial charge in [0.2, 0.25) is 0 Å². The van der Waals surface area contributed by atoms with E-state index in [-0.39, 0.29) is 11.4 Å². The van der Waals surface area contributed by atoms with E-state index in [1.165, 1.54) is 12.1 Å². The second-order valence-corrected chi connectivity index (χ2v) is 4.40. The number of rotatable bonds is 3. The van der Waals surface area contributed by atoms with Gasteiger partial charge in [-0.05, 0) is 18.2 Å². The minimum Gasteiger partial charge on any atom is -0.486 e. The van der Waals surface area contributed by atoms with Gasteiger partial charge in [-0.2, -0.15) is 0 Å². The van der Waals surface area contributed by atoms with Crippen LogP contribution in [-0.2, 0) is 0 Å². The molecule has 21 heavy (non-hydrogen) atoms. The van der Waals surface area contributed by atoms with Crippen LogP contribution in [0, 0.1) is 15.9 Å². The summed E-state index contributed by atoms with van der Waals surface area (Å²) in [6.45, 7) is 0.957. The van der Waals surface area contributed by atoms with E-state index in [4.69, 9.17) is 9.47 Å². The zero-order chi connectivity index (χ0) is 14.8. The molecule has 0 bridgehead atoms. The molecule has 0 aromatic heterocycles. The Labute approximate surface area is 119 Å². The minimum absolute atomic E-state index is 0.150. The quantitative estimate of drug-likeness (QED) is 0.693. The molecule has 1 aliphatic rings. The van der Waals surface area contributed by atoms with E-state index in [2.05, 4.69) is 5.32 Å². The number of nitrogens with zero attached hydrogens (tertiary/aromatic N) is 1. The van der Waals surface area contributed by atoms with Crippen molar-refractivity contribution in [3.8, 4) is 11.5 Å². The molecule has 0 spiro atoms. The summed E-state index contributed by atoms with van der Waals surface area (Å²) in [4.78, 5) is 9.93. The molecular weight excluding hydrogens is 279 g/mol. The van der Waals surface area contributed by atoms with Gasteiger partial charge in [0.25, 0.3) is 5.69 Å². The van der Waals surface area contributed by atoms with E-state index in [1.54, 1.807) is 18.2 Å². The summed E-state index contributed by atoms with van der Waals surface area (Å²) >= 11 is 0. The van der Waals surface area contributed by atoms with E-state index in [9.17, 15) is 14.5 Å². The van der Waals surface area contributed by atoms with Crippen molar-refractivity contribution in [1.82, 2.24) is 0 Å². The number of fused-ring (bicyclic) bond motifs is 1. The van der Waals surface area contributed by atoms with Gasteiger partial charge in [-0.15, -0.1) is 0 Å². The van der Waals surface area contributed by atoms with E-state index in [0.29, 0.717) is 30.4 Å². The Balaban J connectivity index is 1.85. The SMILES string of the molecule is O=[N+]([O-])c1ccc(Nc2ccc3c(c2)OCCO3)c(F)c1. The zero-order valence-electron chi connectivity index (χ0n) is 10.8. The van der Waals surface area contributed by atoms with Crippen molar-refractivity contribution in [2.45, 2.75) is 0 Å². The summed E-state index contributed by atoms with van der Waals surface area (Å²) in [6.07, 6.45) is 0. The van der Waals surface area contributed by atoms with Crippen LogP contribution in [-0.4, -0.2) is 18.1 Å². The third kappa shape index (κ3) is 2.71. The summed E-state index contributed by atoms with van der Waals surface area (Å²) < 4.78 is 24.6. The van der Waals surface area contributed by atoms with Crippen molar-refractivity contribution in [3.05, 3.63) is 52.3 Å². The predicted octanol–water partition coefficient (Wildman–Crippen LogP) is 3.25. The molecule has 1 N–H and O–H groups in total. The number of non-ortho nitro benzene ring substituents is 1. The first kappa shape index (κ1) is 13.2. The Hall–Kier alpha value is -2.83. The fraction of sp³-hybridized carbons (Fsp3) is 0.143. The average molecular weight is 290 g/mol. The molecule has 0 atom stereocenters. The van der Waals surface area contributed by atoms with E-state index < -0.39 is 10.7 Å². The summed E-state index contributed by atoms with van der Waals surface area (Å²) in [5.74, 6) is 0.517. The average Bonchev–Trinajstić information content (AvgIpc) is 2.49. The lowest BCUT2D eigenvalue weighted by Gasteiger charge is -2.19. The van der Waals surface area contributed by atoms with E-state index in [1.807, 2.05) is 0 Å². The predicted molar refractivity (Wildman–Crippen MR) is 73.8 cm³/mol. The Morgan fingerprint density at radius 3 is 2.57 bits per heavy atom. The van der Waals surface area contributed by atoms with Gasteiger partial charge in [-0.25, -0.2) is 4.39 Å². The van der Waals surface area contributed by atoms with Crippen LogP contribution in [0.4, 0.5) is 21.5 Å². The number of ether oxygens (including phenoxy) is 2. The van der Waals surface area contributed by atoms with Gasteiger partial charge >= 0.3 is 0 Å². The van der Waals surface area contributed by atoms with Crippen molar-refractivity contribution in [2.75, 3.05) is 18.5 Å². The second kappa shape index (κ2) is 5.28. The lowest BCUT2D eigenvalue weighted by atomic mass is 10.2. The molecule has 0 radical (unpaired) electrons. The largest absolute Gasteiger partial charge is 0.486 e. The first-order valence-electron chi connectivity index (χ1n) is 6.24. The summed E-state index contributed by atoms with van der Waals surface area (Å²) in [6, 6.07) is 8.57. The maximum absolute atomic E-state index is 13.8. The fourth-order valence-corrected chi connectivity index (χ4v) is 2.00. The van der Waals surface area contributed by atoms with Crippen LogP contribution >= 0.6 is 0 Å². The van der Waals surface area contributed by atoms with Crippen molar-refractivity contribution >= 4 is 17.1 Å². The fourth-order valence-electron chi connectivity index (χ4n) is 2.00. The van der Waals surface area contributed by atoms with Crippen LogP contribution < -0.4 is 14.8 Å². The monoisotopic (exact) mass is 290 g/mol. The number of halogens is 1. The van der Waals surface area contributed by atoms with Gasteiger partial charge in [0.1, 0.15) is 13.2 Å². The highest BCUT2D eigenvalue weighted by atomic mass is 19.1. The van der Waals surface area contributed by atoms with Gasteiger partial charge < -0.3 is 14.8 Å². The number of benzene rings is 2. The maximum atomic E-state index is 13.8. The van der Waals surface area contributed by atoms with E-state index in [0.717, 1.165) is 6.07 Å². The third-order valence-electron chi connectivity index (χ3n) is 2.98. The highest BCUT2D eigenvalue weighted by molar-refractivity contribution is 5.65. The van der Waals surface area contributed by atoms with Crippen molar-refractivity contribution in [2.24, 2.45) is 0 Å². The topological polar surface area (TPSA) is 73.6 Å². The molecular formula is C14H11FN2O4. The van der Waals surface area contributed by atoms with Gasteiger partial charge in [0, 0.05) is 17.8 Å². The van der Waals surface area contributed by atoms with Crippen LogP contribution in [0.2, 0.25) is 0 Å². The Morgan fingerprint density at radius 1 is 1.10 bits per heavy atom. The molecule has 2 aromatic rings. The summed E-state index contributed by atoms with van der Waals surface area (Å²) in [5.41, 5.74) is 0.463. The van der Waals surface area contributed by atoms with Gasteiger partial charge in [0.05, 0.1) is 16.7 Å².